The van der Waals surface area contributed by atoms with Crippen LogP contribution >= 0.6 is 0 Å². The van der Waals surface area contributed by atoms with E-state index < -0.39 is 27.8 Å². The lowest BCUT2D eigenvalue weighted by molar-refractivity contribution is -0.139. The molecule has 7 heteroatoms. The first kappa shape index (κ1) is 16.3. The van der Waals surface area contributed by atoms with Crippen LogP contribution in [0.15, 0.2) is 0 Å². The minimum absolute atomic E-state index is 0.0834. The predicted octanol–water partition coefficient (Wildman–Crippen LogP) is -0.124. The molecule has 0 fully saturated rings. The highest BCUT2D eigenvalue weighted by atomic mass is 32.2. The van der Waals surface area contributed by atoms with Gasteiger partial charge in [-0.15, -0.1) is 0 Å². The summed E-state index contributed by atoms with van der Waals surface area (Å²) in [5, 5.41) is 9.48. The molecule has 2 N–H and O–H groups in total. The maximum atomic E-state index is 11.4. The van der Waals surface area contributed by atoms with Gasteiger partial charge in [0, 0.05) is 6.54 Å². The number of nitrogens with one attached hydrogen (secondary N) is 1. The highest BCUT2D eigenvalue weighted by Crippen LogP contribution is 2.03. The van der Waals surface area contributed by atoms with Crippen LogP contribution in [0.3, 0.4) is 0 Å². The molecule has 0 aromatic carbocycles. The first-order valence-corrected chi connectivity index (χ1v) is 7.23. The topological polar surface area (TPSA) is 92.7 Å². The van der Waals surface area contributed by atoms with Gasteiger partial charge in [-0.25, -0.2) is 13.1 Å². The molecule has 0 aliphatic heterocycles. The second-order valence-corrected chi connectivity index (χ2v) is 6.00. The summed E-state index contributed by atoms with van der Waals surface area (Å²) in [5.74, 6) is -1.23. The molecule has 0 radical (unpaired) electrons. The summed E-state index contributed by atoms with van der Waals surface area (Å²) in [6.45, 7) is 5.52. The van der Waals surface area contributed by atoms with Crippen LogP contribution in [-0.4, -0.2) is 44.5 Å². The molecule has 0 rings (SSSR count). The number of carbonyl (C=O) groups excluding carboxylic acids is 1. The van der Waals surface area contributed by atoms with Gasteiger partial charge in [0.25, 0.3) is 0 Å². The largest absolute Gasteiger partial charge is 0.465 e. The van der Waals surface area contributed by atoms with E-state index in [1.165, 1.54) is 0 Å². The van der Waals surface area contributed by atoms with Crippen molar-refractivity contribution >= 4 is 16.0 Å². The predicted molar refractivity (Wildman–Crippen MR) is 63.9 cm³/mol. The third-order valence-electron chi connectivity index (χ3n) is 1.90. The van der Waals surface area contributed by atoms with E-state index in [4.69, 9.17) is 0 Å². The SMILES string of the molecule is CCOC(=O)CS(=O)(=O)NCC(O)CC(C)C. The minimum Gasteiger partial charge on any atom is -0.465 e. The second-order valence-electron chi connectivity index (χ2n) is 4.20. The summed E-state index contributed by atoms with van der Waals surface area (Å²) in [6.07, 6.45) is -0.242. The molecule has 0 bridgehead atoms. The summed E-state index contributed by atoms with van der Waals surface area (Å²) in [5.41, 5.74) is 0. The average Bonchev–Trinajstić information content (AvgIpc) is 2.13. The Balaban J connectivity index is 4.05. The van der Waals surface area contributed by atoms with Gasteiger partial charge in [0.2, 0.25) is 10.0 Å². The van der Waals surface area contributed by atoms with Gasteiger partial charge in [0.15, 0.2) is 5.75 Å². The highest BCUT2D eigenvalue weighted by Gasteiger charge is 2.18. The van der Waals surface area contributed by atoms with E-state index in [0.717, 1.165) is 0 Å². The van der Waals surface area contributed by atoms with Gasteiger partial charge >= 0.3 is 5.97 Å². The summed E-state index contributed by atoms with van der Waals surface area (Å²) in [7, 11) is -3.72. The van der Waals surface area contributed by atoms with Crippen LogP contribution in [0.2, 0.25) is 0 Å². The lowest BCUT2D eigenvalue weighted by Gasteiger charge is -2.13. The maximum Gasteiger partial charge on any atom is 0.322 e. The van der Waals surface area contributed by atoms with E-state index in [1.807, 2.05) is 13.8 Å². The Labute approximate surface area is 102 Å². The number of ether oxygens (including phenoxy) is 1. The van der Waals surface area contributed by atoms with Crippen LogP contribution in [0.4, 0.5) is 0 Å². The molecule has 1 unspecified atom stereocenters. The van der Waals surface area contributed by atoms with Gasteiger partial charge in [0.1, 0.15) is 0 Å². The highest BCUT2D eigenvalue weighted by molar-refractivity contribution is 7.90. The second kappa shape index (κ2) is 7.62. The maximum absolute atomic E-state index is 11.4. The number of hydrogen-bond acceptors (Lipinski definition) is 5. The molecule has 6 nitrogen and oxygen atoms in total. The first-order valence-electron chi connectivity index (χ1n) is 5.57. The molecule has 17 heavy (non-hydrogen) atoms. The van der Waals surface area contributed by atoms with Gasteiger partial charge in [0.05, 0.1) is 12.7 Å². The Bertz CT molecular complexity index is 326. The van der Waals surface area contributed by atoms with Crippen molar-refractivity contribution in [3.05, 3.63) is 0 Å². The summed E-state index contributed by atoms with van der Waals surface area (Å²) >= 11 is 0. The zero-order chi connectivity index (χ0) is 13.5. The van der Waals surface area contributed by atoms with E-state index in [0.29, 0.717) is 6.42 Å². The Morgan fingerprint density at radius 2 is 2.00 bits per heavy atom. The van der Waals surface area contributed by atoms with Gasteiger partial charge in [-0.1, -0.05) is 13.8 Å². The number of aliphatic hydroxyl groups is 1. The fourth-order valence-electron chi connectivity index (χ4n) is 1.26. The van der Waals surface area contributed by atoms with Gasteiger partial charge < -0.3 is 9.84 Å². The van der Waals surface area contributed by atoms with Crippen molar-refractivity contribution in [1.29, 1.82) is 0 Å². The Morgan fingerprint density at radius 3 is 2.47 bits per heavy atom. The smallest absolute Gasteiger partial charge is 0.322 e. The van der Waals surface area contributed by atoms with Crippen molar-refractivity contribution in [3.8, 4) is 0 Å². The fraction of sp³-hybridized carbons (Fsp3) is 0.900. The van der Waals surface area contributed by atoms with E-state index in [-0.39, 0.29) is 19.1 Å². The summed E-state index contributed by atoms with van der Waals surface area (Å²) in [4.78, 5) is 11.0. The van der Waals surface area contributed by atoms with Gasteiger partial charge in [-0.2, -0.15) is 0 Å². The van der Waals surface area contributed by atoms with Gasteiger partial charge in [-0.3, -0.25) is 4.79 Å². The molecule has 0 amide bonds. The zero-order valence-corrected chi connectivity index (χ0v) is 11.3. The van der Waals surface area contributed by atoms with Crippen molar-refractivity contribution in [2.24, 2.45) is 5.92 Å². The van der Waals surface area contributed by atoms with Crippen LogP contribution in [0.1, 0.15) is 27.2 Å². The number of sulfonamides is 1. The van der Waals surface area contributed by atoms with E-state index in [1.54, 1.807) is 6.92 Å². The molecule has 0 saturated heterocycles. The van der Waals surface area contributed by atoms with Gasteiger partial charge in [-0.05, 0) is 19.3 Å². The number of hydrogen-bond donors (Lipinski definition) is 2. The van der Waals surface area contributed by atoms with Crippen LogP contribution in [0, 0.1) is 5.92 Å². The lowest BCUT2D eigenvalue weighted by Crippen LogP contribution is -2.36. The third-order valence-corrected chi connectivity index (χ3v) is 3.12. The summed E-state index contributed by atoms with van der Waals surface area (Å²) in [6, 6.07) is 0. The molecule has 1 atom stereocenters. The van der Waals surface area contributed by atoms with E-state index >= 15 is 0 Å². The molecule has 0 aromatic rings. The van der Waals surface area contributed by atoms with Crippen LogP contribution < -0.4 is 4.72 Å². The average molecular weight is 267 g/mol. The summed E-state index contributed by atoms with van der Waals surface area (Å²) < 4.78 is 29.5. The number of rotatable bonds is 8. The van der Waals surface area contributed by atoms with Crippen molar-refractivity contribution in [1.82, 2.24) is 4.72 Å². The number of aliphatic hydroxyl groups excluding tert-OH is 1. The van der Waals surface area contributed by atoms with Crippen LogP contribution in [0.25, 0.3) is 0 Å². The van der Waals surface area contributed by atoms with Crippen LogP contribution in [0.5, 0.6) is 0 Å². The molecular weight excluding hydrogens is 246 g/mol. The Kier molecular flexibility index (Phi) is 7.33. The number of esters is 1. The zero-order valence-electron chi connectivity index (χ0n) is 10.5. The van der Waals surface area contributed by atoms with Crippen molar-refractivity contribution in [2.45, 2.75) is 33.3 Å². The lowest BCUT2D eigenvalue weighted by atomic mass is 10.1. The van der Waals surface area contributed by atoms with E-state index in [2.05, 4.69) is 9.46 Å². The molecule has 0 spiro atoms. The monoisotopic (exact) mass is 267 g/mol. The van der Waals surface area contributed by atoms with Crippen LogP contribution in [-0.2, 0) is 19.6 Å². The molecule has 0 aliphatic rings. The van der Waals surface area contributed by atoms with E-state index in [9.17, 15) is 18.3 Å². The van der Waals surface area contributed by atoms with Crippen molar-refractivity contribution in [3.63, 3.8) is 0 Å². The molecule has 0 aliphatic carbocycles. The van der Waals surface area contributed by atoms with Crippen molar-refractivity contribution < 1.29 is 23.1 Å². The Morgan fingerprint density at radius 1 is 1.41 bits per heavy atom. The van der Waals surface area contributed by atoms with Crippen molar-refractivity contribution in [2.75, 3.05) is 18.9 Å². The molecule has 102 valence electrons. The minimum atomic E-state index is -3.72. The quantitative estimate of drug-likeness (QED) is 0.598. The number of carbonyl (C=O) groups is 1. The standard InChI is InChI=1S/C10H21NO5S/c1-4-16-10(13)7-17(14,15)11-6-9(12)5-8(2)3/h8-9,11-12H,4-7H2,1-3H3. The third kappa shape index (κ3) is 9.08. The Hall–Kier alpha value is -0.660. The fourth-order valence-corrected chi connectivity index (χ4v) is 2.20. The molecule has 0 saturated carbocycles. The molecular formula is C10H21NO5S. The first-order chi connectivity index (χ1) is 7.76. The normalized spacial score (nSPS) is 13.7. The molecule has 0 heterocycles. The molecule has 0 aromatic heterocycles.